The van der Waals surface area contributed by atoms with E-state index in [4.69, 9.17) is 0 Å². The zero-order valence-corrected chi connectivity index (χ0v) is 20.9. The van der Waals surface area contributed by atoms with Gasteiger partial charge in [0.25, 0.3) is 5.91 Å². The normalized spacial score (nSPS) is 15.7. The monoisotopic (exact) mass is 473 g/mol. The van der Waals surface area contributed by atoms with Crippen LogP contribution in [0.4, 0.5) is 11.4 Å². The largest absolute Gasteiger partial charge is 0.374 e. The number of benzene rings is 2. The minimum atomic E-state index is -0.0693. The molecule has 4 rings (SSSR count). The predicted octanol–water partition coefficient (Wildman–Crippen LogP) is 3.36. The fourth-order valence-corrected chi connectivity index (χ4v) is 4.68. The van der Waals surface area contributed by atoms with Crippen molar-refractivity contribution in [2.45, 2.75) is 26.7 Å². The molecule has 0 atom stereocenters. The molecule has 7 nitrogen and oxygen atoms in total. The third-order valence-corrected chi connectivity index (χ3v) is 6.76. The molecular formula is C28H35N5O2. The van der Waals surface area contributed by atoms with E-state index < -0.39 is 0 Å². The first kappa shape index (κ1) is 24.5. The highest BCUT2D eigenvalue weighted by molar-refractivity contribution is 6.08. The van der Waals surface area contributed by atoms with E-state index in [-0.39, 0.29) is 11.8 Å². The number of fused-ring (bicyclic) bond motifs is 1. The second-order valence-corrected chi connectivity index (χ2v) is 9.16. The van der Waals surface area contributed by atoms with Gasteiger partial charge in [0.05, 0.1) is 17.9 Å². The Morgan fingerprint density at radius 1 is 1.11 bits per heavy atom. The second-order valence-electron chi connectivity index (χ2n) is 9.16. The van der Waals surface area contributed by atoms with Gasteiger partial charge in [-0.05, 0) is 61.2 Å². The van der Waals surface area contributed by atoms with Gasteiger partial charge in [-0.25, -0.2) is 0 Å². The van der Waals surface area contributed by atoms with Crippen molar-refractivity contribution in [1.82, 2.24) is 15.5 Å². The third-order valence-electron chi connectivity index (χ3n) is 6.76. The summed E-state index contributed by atoms with van der Waals surface area (Å²) in [7, 11) is 1.85. The zero-order valence-electron chi connectivity index (χ0n) is 20.9. The lowest BCUT2D eigenvalue weighted by atomic mass is 10.00. The SMILES string of the molecule is C=CC1=C(NC)Nc2cc(C)ccc2N(C(=O)c2ccc(CCC(=O)N3CCNCC3)c(C)c2)C1. The first-order valence-electron chi connectivity index (χ1n) is 12.2. The number of hydrogen-bond donors (Lipinski definition) is 3. The van der Waals surface area contributed by atoms with Crippen LogP contribution in [0.2, 0.25) is 0 Å². The van der Waals surface area contributed by atoms with E-state index in [0.717, 1.165) is 65.6 Å². The fraction of sp³-hybridized carbons (Fsp3) is 0.357. The Labute approximate surface area is 207 Å². The summed E-state index contributed by atoms with van der Waals surface area (Å²) in [4.78, 5) is 30.0. The molecule has 0 radical (unpaired) electrons. The van der Waals surface area contributed by atoms with Crippen molar-refractivity contribution in [3.8, 4) is 0 Å². The smallest absolute Gasteiger partial charge is 0.258 e. The van der Waals surface area contributed by atoms with E-state index >= 15 is 0 Å². The Morgan fingerprint density at radius 2 is 1.89 bits per heavy atom. The summed E-state index contributed by atoms with van der Waals surface area (Å²) in [5, 5.41) is 9.89. The molecule has 0 aliphatic carbocycles. The van der Waals surface area contributed by atoms with Crippen LogP contribution in [0.1, 0.15) is 33.5 Å². The van der Waals surface area contributed by atoms with Crippen LogP contribution in [0.15, 0.2) is 60.4 Å². The maximum atomic E-state index is 13.7. The minimum Gasteiger partial charge on any atom is -0.374 e. The Bertz CT molecular complexity index is 1160. The molecule has 2 aromatic carbocycles. The summed E-state index contributed by atoms with van der Waals surface area (Å²) in [5.74, 6) is 0.960. The van der Waals surface area contributed by atoms with Gasteiger partial charge in [-0.1, -0.05) is 24.8 Å². The standard InChI is InChI=1S/C28H35N5O2/c1-5-21-18-33(25-10-6-19(2)16-24(25)31-27(21)29-4)28(35)23-8-7-22(20(3)17-23)9-11-26(34)32-14-12-30-13-15-32/h5-8,10,16-17,29-31H,1,9,11-15,18H2,2-4H3. The van der Waals surface area contributed by atoms with Gasteiger partial charge in [0.2, 0.25) is 5.91 Å². The van der Waals surface area contributed by atoms with Gasteiger partial charge in [-0.3, -0.25) is 9.59 Å². The summed E-state index contributed by atoms with van der Waals surface area (Å²) < 4.78 is 0. The van der Waals surface area contributed by atoms with E-state index in [1.165, 1.54) is 0 Å². The summed E-state index contributed by atoms with van der Waals surface area (Å²) >= 11 is 0. The number of aryl methyl sites for hydroxylation is 3. The van der Waals surface area contributed by atoms with Gasteiger partial charge in [-0.15, -0.1) is 0 Å². The molecule has 2 amide bonds. The van der Waals surface area contributed by atoms with Crippen LogP contribution in [0.5, 0.6) is 0 Å². The number of amides is 2. The molecule has 7 heteroatoms. The van der Waals surface area contributed by atoms with Crippen LogP contribution in [0.25, 0.3) is 0 Å². The lowest BCUT2D eigenvalue weighted by Gasteiger charge is -2.27. The molecule has 184 valence electrons. The summed E-state index contributed by atoms with van der Waals surface area (Å²) in [6.07, 6.45) is 2.94. The van der Waals surface area contributed by atoms with E-state index in [1.54, 1.807) is 11.0 Å². The number of carbonyl (C=O) groups is 2. The van der Waals surface area contributed by atoms with Crippen LogP contribution >= 0.6 is 0 Å². The molecule has 0 spiro atoms. The zero-order chi connectivity index (χ0) is 24.9. The molecule has 0 aromatic heterocycles. The first-order valence-corrected chi connectivity index (χ1v) is 12.2. The van der Waals surface area contributed by atoms with Crippen LogP contribution in [-0.2, 0) is 11.2 Å². The number of nitrogens with zero attached hydrogens (tertiary/aromatic N) is 2. The highest BCUT2D eigenvalue weighted by Gasteiger charge is 2.26. The van der Waals surface area contributed by atoms with Crippen molar-refractivity contribution in [3.05, 3.63) is 82.7 Å². The predicted molar refractivity (Wildman–Crippen MR) is 142 cm³/mol. The van der Waals surface area contributed by atoms with E-state index in [9.17, 15) is 9.59 Å². The average Bonchev–Trinajstić information content (AvgIpc) is 3.03. The van der Waals surface area contributed by atoms with Gasteiger partial charge in [0.15, 0.2) is 0 Å². The fourth-order valence-electron chi connectivity index (χ4n) is 4.68. The second kappa shape index (κ2) is 10.8. The molecule has 1 saturated heterocycles. The lowest BCUT2D eigenvalue weighted by Crippen LogP contribution is -2.46. The Kier molecular flexibility index (Phi) is 7.56. The van der Waals surface area contributed by atoms with Gasteiger partial charge in [-0.2, -0.15) is 0 Å². The van der Waals surface area contributed by atoms with Crippen molar-refractivity contribution in [3.63, 3.8) is 0 Å². The van der Waals surface area contributed by atoms with Crippen LogP contribution in [0, 0.1) is 13.8 Å². The van der Waals surface area contributed by atoms with Crippen molar-refractivity contribution in [1.29, 1.82) is 0 Å². The van der Waals surface area contributed by atoms with E-state index in [1.807, 2.05) is 62.2 Å². The molecule has 0 saturated carbocycles. The van der Waals surface area contributed by atoms with Gasteiger partial charge in [0, 0.05) is 50.8 Å². The Balaban J connectivity index is 1.55. The van der Waals surface area contributed by atoms with E-state index in [2.05, 4.69) is 22.5 Å². The lowest BCUT2D eigenvalue weighted by molar-refractivity contribution is -0.131. The quantitative estimate of drug-likeness (QED) is 0.600. The maximum absolute atomic E-state index is 13.7. The molecular weight excluding hydrogens is 438 g/mol. The molecule has 2 heterocycles. The molecule has 3 N–H and O–H groups in total. The van der Waals surface area contributed by atoms with Crippen LogP contribution in [0.3, 0.4) is 0 Å². The summed E-state index contributed by atoms with van der Waals surface area (Å²) in [6.45, 7) is 11.7. The van der Waals surface area contributed by atoms with Gasteiger partial charge < -0.3 is 25.8 Å². The van der Waals surface area contributed by atoms with Gasteiger partial charge >= 0.3 is 0 Å². The number of anilines is 2. The number of hydrogen-bond acceptors (Lipinski definition) is 5. The molecule has 0 unspecified atom stereocenters. The number of nitrogens with one attached hydrogen (secondary N) is 3. The van der Waals surface area contributed by atoms with E-state index in [0.29, 0.717) is 24.9 Å². The minimum absolute atomic E-state index is 0.0693. The Morgan fingerprint density at radius 3 is 2.57 bits per heavy atom. The molecule has 1 fully saturated rings. The average molecular weight is 474 g/mol. The molecule has 0 bridgehead atoms. The van der Waals surface area contributed by atoms with Crippen molar-refractivity contribution in [2.24, 2.45) is 0 Å². The van der Waals surface area contributed by atoms with Crippen molar-refractivity contribution in [2.75, 3.05) is 50.0 Å². The number of carbonyl (C=O) groups excluding carboxylic acids is 2. The Hall–Kier alpha value is -3.58. The molecule has 2 aliphatic rings. The van der Waals surface area contributed by atoms with Crippen molar-refractivity contribution < 1.29 is 9.59 Å². The molecule has 35 heavy (non-hydrogen) atoms. The topological polar surface area (TPSA) is 76.7 Å². The first-order chi connectivity index (χ1) is 16.9. The highest BCUT2D eigenvalue weighted by Crippen LogP contribution is 2.33. The molecule has 2 aliphatic heterocycles. The van der Waals surface area contributed by atoms with Crippen LogP contribution in [-0.4, -0.2) is 56.5 Å². The summed E-state index contributed by atoms with van der Waals surface area (Å²) in [6, 6.07) is 11.9. The highest BCUT2D eigenvalue weighted by atomic mass is 16.2. The third kappa shape index (κ3) is 5.41. The van der Waals surface area contributed by atoms with Gasteiger partial charge in [0.1, 0.15) is 5.82 Å². The summed E-state index contributed by atoms with van der Waals surface area (Å²) in [5.41, 5.74) is 6.47. The van der Waals surface area contributed by atoms with Crippen LogP contribution < -0.4 is 20.9 Å². The van der Waals surface area contributed by atoms with Crippen molar-refractivity contribution >= 4 is 23.2 Å². The number of piperazine rings is 1. The maximum Gasteiger partial charge on any atom is 0.258 e. The molecule has 2 aromatic rings. The number of rotatable bonds is 6.